The Morgan fingerprint density at radius 2 is 1.83 bits per heavy atom. The van der Waals surface area contributed by atoms with Crippen LogP contribution in [0, 0.1) is 10.1 Å². The van der Waals surface area contributed by atoms with Crippen LogP contribution in [-0.4, -0.2) is 25.9 Å². The number of esters is 1. The minimum atomic E-state index is -4.28. The lowest BCUT2D eigenvalue weighted by atomic mass is 10.2. The second-order valence-corrected chi connectivity index (χ2v) is 7.20. The van der Waals surface area contributed by atoms with Crippen molar-refractivity contribution in [2.45, 2.75) is 11.8 Å². The van der Waals surface area contributed by atoms with Crippen molar-refractivity contribution in [1.29, 1.82) is 0 Å². The van der Waals surface area contributed by atoms with Crippen LogP contribution in [0.25, 0.3) is 11.0 Å². The van der Waals surface area contributed by atoms with E-state index in [9.17, 15) is 28.1 Å². The van der Waals surface area contributed by atoms with Gasteiger partial charge in [-0.1, -0.05) is 0 Å². The highest BCUT2D eigenvalue weighted by molar-refractivity contribution is 7.87. The monoisotopic (exact) mass is 419 g/mol. The summed E-state index contributed by atoms with van der Waals surface area (Å²) in [5.74, 6) is -0.980. The summed E-state index contributed by atoms with van der Waals surface area (Å²) in [5, 5.41) is 11.0. The van der Waals surface area contributed by atoms with Gasteiger partial charge in [0.05, 0.1) is 11.5 Å². The molecule has 1 aromatic heterocycles. The number of nitrogens with zero attached hydrogens (tertiary/aromatic N) is 1. The number of non-ortho nitro benzene ring substituents is 1. The zero-order chi connectivity index (χ0) is 21.2. The Morgan fingerprint density at radius 3 is 2.45 bits per heavy atom. The molecule has 0 bridgehead atoms. The Labute approximate surface area is 163 Å². The maximum Gasteiger partial charge on any atom is 0.351 e. The third-order valence-corrected chi connectivity index (χ3v) is 5.01. The average molecular weight is 419 g/mol. The molecular weight excluding hydrogens is 406 g/mol. The highest BCUT2D eigenvalue weighted by Gasteiger charge is 2.20. The Hall–Kier alpha value is -3.73. The number of fused-ring (bicyclic) bond motifs is 1. The summed E-state index contributed by atoms with van der Waals surface area (Å²) in [6, 6.07) is 9.31. The van der Waals surface area contributed by atoms with Gasteiger partial charge in [-0.25, -0.2) is 9.59 Å². The second kappa shape index (κ2) is 7.72. The second-order valence-electron chi connectivity index (χ2n) is 5.66. The first-order chi connectivity index (χ1) is 13.7. The summed E-state index contributed by atoms with van der Waals surface area (Å²) in [5.41, 5.74) is -1.49. The van der Waals surface area contributed by atoms with E-state index in [1.165, 1.54) is 24.3 Å². The van der Waals surface area contributed by atoms with Crippen molar-refractivity contribution in [1.82, 2.24) is 0 Å². The van der Waals surface area contributed by atoms with Gasteiger partial charge in [0, 0.05) is 23.6 Å². The number of hydrogen-bond acceptors (Lipinski definition) is 9. The first kappa shape index (κ1) is 20.0. The predicted molar refractivity (Wildman–Crippen MR) is 99.4 cm³/mol. The molecule has 1 heterocycles. The summed E-state index contributed by atoms with van der Waals surface area (Å²) in [7, 11) is -4.28. The largest absolute Gasteiger partial charge is 0.462 e. The summed E-state index contributed by atoms with van der Waals surface area (Å²) in [4.78, 5) is 33.4. The van der Waals surface area contributed by atoms with E-state index in [0.717, 1.165) is 24.3 Å². The molecule has 0 N–H and O–H groups in total. The molecule has 0 aliphatic heterocycles. The van der Waals surface area contributed by atoms with E-state index < -0.39 is 26.6 Å². The van der Waals surface area contributed by atoms with Crippen LogP contribution in [0.4, 0.5) is 5.69 Å². The molecule has 0 aliphatic rings. The van der Waals surface area contributed by atoms with E-state index in [0.29, 0.717) is 5.39 Å². The molecule has 2 aromatic carbocycles. The van der Waals surface area contributed by atoms with Gasteiger partial charge >= 0.3 is 21.7 Å². The quantitative estimate of drug-likeness (QED) is 0.194. The molecule has 29 heavy (non-hydrogen) atoms. The summed E-state index contributed by atoms with van der Waals surface area (Å²) < 4.78 is 39.5. The molecule has 0 atom stereocenters. The van der Waals surface area contributed by atoms with Crippen LogP contribution in [0.1, 0.15) is 17.3 Å². The minimum absolute atomic E-state index is 0.000511. The molecule has 0 unspecified atom stereocenters. The van der Waals surface area contributed by atoms with Crippen LogP contribution in [0.3, 0.4) is 0 Å². The van der Waals surface area contributed by atoms with Crippen LogP contribution in [0.15, 0.2) is 62.6 Å². The normalized spacial score (nSPS) is 11.2. The van der Waals surface area contributed by atoms with Gasteiger partial charge in [0.25, 0.3) is 5.69 Å². The van der Waals surface area contributed by atoms with Gasteiger partial charge in [-0.05, 0) is 37.3 Å². The Bertz CT molecular complexity index is 1260. The number of carbonyl (C=O) groups is 1. The SMILES string of the molecule is CCOC(=O)c1cc2ccc(OS(=O)(=O)c3ccc([N+](=O)[O-])cc3)cc2oc1=O. The van der Waals surface area contributed by atoms with Crippen molar-refractivity contribution in [3.05, 3.63) is 74.6 Å². The number of carbonyl (C=O) groups excluding carboxylic acids is 1. The number of hydrogen-bond donors (Lipinski definition) is 0. The Morgan fingerprint density at radius 1 is 1.14 bits per heavy atom. The zero-order valence-electron chi connectivity index (χ0n) is 14.9. The van der Waals surface area contributed by atoms with Gasteiger partial charge in [-0.3, -0.25) is 10.1 Å². The van der Waals surface area contributed by atoms with Crippen LogP contribution < -0.4 is 9.81 Å². The molecule has 0 aliphatic carbocycles. The first-order valence-electron chi connectivity index (χ1n) is 8.15. The first-order valence-corrected chi connectivity index (χ1v) is 9.56. The Balaban J connectivity index is 1.92. The average Bonchev–Trinajstić information content (AvgIpc) is 2.67. The fraction of sp³-hybridized carbons (Fsp3) is 0.111. The number of ether oxygens (including phenoxy) is 1. The molecule has 0 fully saturated rings. The van der Waals surface area contributed by atoms with Gasteiger partial charge in [0.2, 0.25) is 0 Å². The van der Waals surface area contributed by atoms with Crippen LogP contribution in [0.2, 0.25) is 0 Å². The molecule has 3 rings (SSSR count). The van der Waals surface area contributed by atoms with Crippen molar-refractivity contribution in [3.63, 3.8) is 0 Å². The van der Waals surface area contributed by atoms with Gasteiger partial charge in [-0.2, -0.15) is 8.42 Å². The molecule has 150 valence electrons. The van der Waals surface area contributed by atoms with Gasteiger partial charge < -0.3 is 13.3 Å². The molecule has 0 amide bonds. The van der Waals surface area contributed by atoms with E-state index in [2.05, 4.69) is 0 Å². The van der Waals surface area contributed by atoms with Crippen molar-refractivity contribution in [3.8, 4) is 5.75 Å². The van der Waals surface area contributed by atoms with Gasteiger partial charge in [-0.15, -0.1) is 0 Å². The third-order valence-electron chi connectivity index (χ3n) is 3.74. The van der Waals surface area contributed by atoms with Crippen LogP contribution in [0.5, 0.6) is 5.75 Å². The number of benzene rings is 2. The molecular formula is C18H13NO9S. The minimum Gasteiger partial charge on any atom is -0.462 e. The smallest absolute Gasteiger partial charge is 0.351 e. The summed E-state index contributed by atoms with van der Waals surface area (Å²) >= 11 is 0. The highest BCUT2D eigenvalue weighted by Crippen LogP contribution is 2.25. The summed E-state index contributed by atoms with van der Waals surface area (Å²) in [6.45, 7) is 1.68. The fourth-order valence-corrected chi connectivity index (χ4v) is 3.33. The van der Waals surface area contributed by atoms with Crippen molar-refractivity contribution < 1.29 is 31.5 Å². The highest BCUT2D eigenvalue weighted by atomic mass is 32.2. The summed E-state index contributed by atoms with van der Waals surface area (Å²) in [6.07, 6.45) is 0. The van der Waals surface area contributed by atoms with Crippen molar-refractivity contribution in [2.75, 3.05) is 6.61 Å². The van der Waals surface area contributed by atoms with E-state index in [-0.39, 0.29) is 34.1 Å². The zero-order valence-corrected chi connectivity index (χ0v) is 15.7. The maximum absolute atomic E-state index is 12.4. The molecule has 11 heteroatoms. The van der Waals surface area contributed by atoms with Gasteiger partial charge in [0.15, 0.2) is 0 Å². The van der Waals surface area contributed by atoms with E-state index in [4.69, 9.17) is 13.3 Å². The topological polar surface area (TPSA) is 143 Å². The molecule has 3 aromatic rings. The van der Waals surface area contributed by atoms with Crippen molar-refractivity contribution >= 4 is 32.7 Å². The standard InChI is InChI=1S/C18H13NO9S/c1-2-26-17(20)15-9-11-3-6-13(10-16(11)27-18(15)21)28-29(24,25)14-7-4-12(5-8-14)19(22)23/h3-10H,2H2,1H3. The number of nitro benzene ring substituents is 1. The number of nitro groups is 1. The maximum atomic E-state index is 12.4. The van der Waals surface area contributed by atoms with E-state index >= 15 is 0 Å². The van der Waals surface area contributed by atoms with E-state index in [1.807, 2.05) is 0 Å². The lowest BCUT2D eigenvalue weighted by molar-refractivity contribution is -0.384. The fourth-order valence-electron chi connectivity index (χ4n) is 2.40. The molecule has 0 radical (unpaired) electrons. The van der Waals surface area contributed by atoms with Crippen LogP contribution in [-0.2, 0) is 14.9 Å². The molecule has 10 nitrogen and oxygen atoms in total. The van der Waals surface area contributed by atoms with Gasteiger partial charge in [0.1, 0.15) is 21.8 Å². The molecule has 0 spiro atoms. The lowest BCUT2D eigenvalue weighted by Gasteiger charge is -2.08. The molecule has 0 saturated heterocycles. The Kier molecular flexibility index (Phi) is 5.33. The van der Waals surface area contributed by atoms with E-state index in [1.54, 1.807) is 6.92 Å². The number of rotatable bonds is 6. The van der Waals surface area contributed by atoms with Crippen molar-refractivity contribution in [2.24, 2.45) is 0 Å². The lowest BCUT2D eigenvalue weighted by Crippen LogP contribution is -2.16. The predicted octanol–water partition coefficient (Wildman–Crippen LogP) is 2.65. The molecule has 0 saturated carbocycles. The third kappa shape index (κ3) is 4.24. The van der Waals surface area contributed by atoms with Crippen LogP contribution >= 0.6 is 0 Å².